The van der Waals surface area contributed by atoms with E-state index in [2.05, 4.69) is 47.6 Å². The maximum Gasteiger partial charge on any atom is 0.274 e. The molecule has 3 atom stereocenters. The van der Waals surface area contributed by atoms with E-state index < -0.39 is 18.1 Å². The van der Waals surface area contributed by atoms with Crippen LogP contribution in [0.1, 0.15) is 243 Å². The summed E-state index contributed by atoms with van der Waals surface area (Å²) in [5.41, 5.74) is 16.5. The smallest absolute Gasteiger partial charge is 0.274 e. The topological polar surface area (TPSA) is 313 Å². The van der Waals surface area contributed by atoms with E-state index in [1.807, 2.05) is 219 Å². The van der Waals surface area contributed by atoms with Crippen molar-refractivity contribution in [3.05, 3.63) is 301 Å². The number of aliphatic hydroxyl groups excluding tert-OH is 3. The molecular weight excluding hydrogens is 1870 g/mol. The largest absolute Gasteiger partial charge is 0.394 e. The van der Waals surface area contributed by atoms with Crippen LogP contribution in [0, 0.1) is 20.8 Å². The molecule has 0 spiro atoms. The molecule has 0 radical (unpaired) electrons. The number of fused-ring (bicyclic) bond motifs is 3. The fourth-order valence-electron chi connectivity index (χ4n) is 20.2. The zero-order chi connectivity index (χ0) is 104. The molecule has 31 heteroatoms. The van der Waals surface area contributed by atoms with Gasteiger partial charge in [0.15, 0.2) is 17.1 Å². The molecule has 147 heavy (non-hydrogen) atoms. The SMILES string of the molecule is CCCCN(CCCC)C(=O)c1cc(C)n(-c2ccc(N3CCN(Cc4ccccc4)C(=O)C3)cc2C(=O)N2Cc3ccccc3C[C@H]2CO)n1.CCCCN(CCCC)C(=O)c1cc(C)n(-c2ccc(N3CCN(Cc4ccccc4Cl)C(=O)C3)cc2C(=O)N2Cc3ccccc3C[C@H]2CO)n1.CCCCN(CCCC)C(=O)c1cc(C)n(-c2ccc(N3CCOCC3=O)cc2C(=O)N2Cc3ccccc3C[C@H]2CO)n1. The molecule has 17 rings (SSSR count). The Labute approximate surface area is 868 Å². The molecule has 3 aromatic heterocycles. The highest BCUT2D eigenvalue weighted by atomic mass is 35.5. The molecule has 3 fully saturated rings. The van der Waals surface area contributed by atoms with Crippen LogP contribution in [-0.2, 0) is 71.1 Å². The van der Waals surface area contributed by atoms with Gasteiger partial charge < -0.3 is 74.0 Å². The van der Waals surface area contributed by atoms with Crippen molar-refractivity contribution in [1.29, 1.82) is 0 Å². The second kappa shape index (κ2) is 51.1. The highest BCUT2D eigenvalue weighted by Gasteiger charge is 2.40. The molecule has 0 saturated carbocycles. The lowest BCUT2D eigenvalue weighted by Crippen LogP contribution is -2.50. The van der Waals surface area contributed by atoms with Gasteiger partial charge in [-0.05, 0) is 202 Å². The first-order chi connectivity index (χ1) is 71.4. The number of aromatic nitrogens is 6. The van der Waals surface area contributed by atoms with Gasteiger partial charge in [-0.15, -0.1) is 0 Å². The number of hydrogen-bond acceptors (Lipinski definition) is 18. The van der Waals surface area contributed by atoms with Crippen LogP contribution in [0.15, 0.2) is 200 Å². The van der Waals surface area contributed by atoms with Crippen molar-refractivity contribution < 1.29 is 63.2 Å². The van der Waals surface area contributed by atoms with Gasteiger partial charge in [0.25, 0.3) is 41.4 Å². The van der Waals surface area contributed by atoms with Crippen LogP contribution in [0.5, 0.6) is 0 Å². The number of rotatable bonds is 37. The molecule has 776 valence electrons. The molecule has 0 bridgehead atoms. The van der Waals surface area contributed by atoms with Crippen LogP contribution in [0.3, 0.4) is 0 Å². The molecule has 8 aromatic carbocycles. The summed E-state index contributed by atoms with van der Waals surface area (Å²) in [6.07, 6.45) is 13.1. The Morgan fingerprint density at radius 1 is 0.367 bits per heavy atom. The number of carbonyl (C=O) groups excluding carboxylic acids is 9. The number of aliphatic hydroxyl groups is 3. The Hall–Kier alpha value is -13.7. The lowest BCUT2D eigenvalue weighted by molar-refractivity contribution is -0.132. The molecule has 6 aliphatic heterocycles. The minimum absolute atomic E-state index is 0.0170. The number of unbranched alkanes of at least 4 members (excludes halogenated alkanes) is 6. The summed E-state index contributed by atoms with van der Waals surface area (Å²) in [4.78, 5) is 145. The third kappa shape index (κ3) is 25.6. The summed E-state index contributed by atoms with van der Waals surface area (Å²) in [6, 6.07) is 62.3. The highest BCUT2D eigenvalue weighted by molar-refractivity contribution is 6.31. The zero-order valence-electron chi connectivity index (χ0n) is 86.6. The van der Waals surface area contributed by atoms with Crippen molar-refractivity contribution in [2.45, 2.75) is 209 Å². The fourth-order valence-corrected chi connectivity index (χ4v) is 20.4. The standard InChI is InChI=1S/C41H49ClN6O4.C41H50N6O4.C34H43N5O5/c1-4-6-18-44(19-7-5-2)41(52)37-22-29(3)48(43-37)38-17-16-33(45-20-21-46(39(50)27-45)25-32-14-10-11-15-36(32)42)24-35(38)40(51)47-26-31-13-9-8-12-30(31)23-34(47)28-49;1-4-6-19-43(20-7-5-2)41(51)37-23-30(3)47(42-37)38-18-17-34(44-21-22-45(39(49)28-44)26-31-13-9-8-10-14-31)25-36(38)40(50)46-27-33-16-12-11-15-32(33)24-35(46)29-48;1-4-6-14-36(15-7-5-2)34(43)30-18-24(3)39(35-30)31-13-12-27(37-16-17-44-23-32(37)41)20-29(31)33(42)38-21-26-11-9-8-10-25(26)19-28(38)22-40/h8-17,22,24,34,49H,4-7,18-21,23,25-28H2,1-3H3;8-18,23,25,35,48H,4-7,19-22,24,26-29H2,1-3H3;8-13,18,20,28,40H,4-7,14-17,19,21-23H2,1-3H3/t34-;35-;28-/m000/s1. The summed E-state index contributed by atoms with van der Waals surface area (Å²) < 4.78 is 10.3. The first-order valence-electron chi connectivity index (χ1n) is 52.6. The van der Waals surface area contributed by atoms with Gasteiger partial charge in [0.2, 0.25) is 11.8 Å². The lowest BCUT2D eigenvalue weighted by Gasteiger charge is -2.37. The number of aryl methyl sites for hydroxylation is 3. The quantitative estimate of drug-likeness (QED) is 0.0326. The molecule has 0 aliphatic carbocycles. The van der Waals surface area contributed by atoms with Gasteiger partial charge in [0, 0.05) is 144 Å². The van der Waals surface area contributed by atoms with E-state index in [0.717, 1.165) is 144 Å². The van der Waals surface area contributed by atoms with Crippen LogP contribution >= 0.6 is 11.6 Å². The van der Waals surface area contributed by atoms with Gasteiger partial charge in [-0.3, -0.25) is 43.2 Å². The van der Waals surface area contributed by atoms with E-state index in [0.29, 0.717) is 198 Å². The van der Waals surface area contributed by atoms with Crippen LogP contribution in [-0.4, -0.2) is 273 Å². The molecule has 0 unspecified atom stereocenters. The fraction of sp³-hybridized carbons (Fsp3) is 0.431. The van der Waals surface area contributed by atoms with Crippen molar-refractivity contribution >= 4 is 81.8 Å². The normalized spacial score (nSPS) is 16.1. The molecule has 9 amide bonds. The first kappa shape index (κ1) is 108. The third-order valence-electron chi connectivity index (χ3n) is 28.9. The van der Waals surface area contributed by atoms with Gasteiger partial charge in [0.05, 0.1) is 91.4 Å². The van der Waals surface area contributed by atoms with Gasteiger partial charge in [0.1, 0.15) is 6.61 Å². The maximum absolute atomic E-state index is 14.7. The molecular formula is C116H142ClN17O13. The number of ether oxygens (including phenoxy) is 1. The van der Waals surface area contributed by atoms with Crippen molar-refractivity contribution in [2.24, 2.45) is 0 Å². The van der Waals surface area contributed by atoms with Gasteiger partial charge in [-0.2, -0.15) is 15.3 Å². The van der Waals surface area contributed by atoms with E-state index in [9.17, 15) is 58.5 Å². The average Bonchev–Trinajstić information content (AvgIpc) is 1.75. The Bertz CT molecular complexity index is 6430. The summed E-state index contributed by atoms with van der Waals surface area (Å²) >= 11 is 6.40. The molecule has 6 aliphatic rings. The number of carbonyl (C=O) groups is 9. The second-order valence-electron chi connectivity index (χ2n) is 39.2. The van der Waals surface area contributed by atoms with Gasteiger partial charge in [-0.25, -0.2) is 14.0 Å². The third-order valence-corrected chi connectivity index (χ3v) is 29.2. The van der Waals surface area contributed by atoms with E-state index in [-0.39, 0.29) is 92.7 Å². The Kier molecular flexibility index (Phi) is 37.4. The van der Waals surface area contributed by atoms with Crippen molar-refractivity contribution in [1.82, 2.24) is 68.5 Å². The summed E-state index contributed by atoms with van der Waals surface area (Å²) in [6.45, 7) is 27.3. The number of hydrogen-bond donors (Lipinski definition) is 3. The predicted molar refractivity (Wildman–Crippen MR) is 571 cm³/mol. The van der Waals surface area contributed by atoms with Crippen LogP contribution < -0.4 is 14.7 Å². The Morgan fingerprint density at radius 2 is 0.694 bits per heavy atom. The number of morpholine rings is 1. The Morgan fingerprint density at radius 3 is 1.03 bits per heavy atom. The van der Waals surface area contributed by atoms with E-state index >= 15 is 0 Å². The van der Waals surface area contributed by atoms with Crippen LogP contribution in [0.25, 0.3) is 17.1 Å². The lowest BCUT2D eigenvalue weighted by atomic mass is 9.93. The number of piperazine rings is 2. The molecule has 9 heterocycles. The van der Waals surface area contributed by atoms with E-state index in [4.69, 9.17) is 31.6 Å². The van der Waals surface area contributed by atoms with Crippen molar-refractivity contribution in [2.75, 3.05) is 133 Å². The van der Waals surface area contributed by atoms with Gasteiger partial charge >= 0.3 is 0 Å². The van der Waals surface area contributed by atoms with E-state index in [1.54, 1.807) is 64.0 Å². The zero-order valence-corrected chi connectivity index (χ0v) is 87.3. The molecule has 3 saturated heterocycles. The molecule has 11 aromatic rings. The average molecular weight is 2020 g/mol. The van der Waals surface area contributed by atoms with Crippen LogP contribution in [0.4, 0.5) is 17.1 Å². The monoisotopic (exact) mass is 2020 g/mol. The molecule has 30 nitrogen and oxygen atoms in total. The first-order valence-corrected chi connectivity index (χ1v) is 52.9. The van der Waals surface area contributed by atoms with Crippen LogP contribution in [0.2, 0.25) is 5.02 Å². The number of anilines is 3. The predicted octanol–water partition coefficient (Wildman–Crippen LogP) is 16.1. The summed E-state index contributed by atoms with van der Waals surface area (Å²) in [5.74, 6) is -1.28. The highest BCUT2D eigenvalue weighted by Crippen LogP contribution is 2.37. The van der Waals surface area contributed by atoms with Crippen molar-refractivity contribution in [3.8, 4) is 17.1 Å². The van der Waals surface area contributed by atoms with Crippen molar-refractivity contribution in [3.63, 3.8) is 0 Å². The van der Waals surface area contributed by atoms with Gasteiger partial charge in [-0.1, -0.05) is 213 Å². The summed E-state index contributed by atoms with van der Waals surface area (Å²) in [5, 5.41) is 46.3. The maximum atomic E-state index is 14.7. The number of benzene rings is 8. The number of amides is 9. The summed E-state index contributed by atoms with van der Waals surface area (Å²) in [7, 11) is 0. The minimum Gasteiger partial charge on any atom is -0.394 e. The molecule has 3 N–H and O–H groups in total. The number of halogens is 1. The van der Waals surface area contributed by atoms with E-state index in [1.165, 1.54) is 0 Å². The second-order valence-corrected chi connectivity index (χ2v) is 39.6. The minimum atomic E-state index is -0.407. The Balaban J connectivity index is 0.000000166. The number of nitrogens with zero attached hydrogens (tertiary/aromatic N) is 17.